The van der Waals surface area contributed by atoms with Crippen molar-refractivity contribution >= 4 is 34.6 Å². The number of nitrogens with one attached hydrogen (secondary N) is 1. The lowest BCUT2D eigenvalue weighted by molar-refractivity contribution is -0.115. The molecule has 0 aliphatic carbocycles. The number of hydrogen-bond acceptors (Lipinski definition) is 4. The number of hydrogen-bond donors (Lipinski definition) is 1. The molecule has 1 fully saturated rings. The summed E-state index contributed by atoms with van der Waals surface area (Å²) in [6.45, 7) is 6.55. The minimum atomic E-state index is -0.123. The molecular formula is C21H22N2O2S. The summed E-state index contributed by atoms with van der Waals surface area (Å²) in [5.74, 6) is 0.651. The van der Waals surface area contributed by atoms with Crippen molar-refractivity contribution in [2.24, 2.45) is 4.99 Å². The normalized spacial score (nSPS) is 17.6. The first kappa shape index (κ1) is 18.3. The minimum absolute atomic E-state index is 0.114. The SMILES string of the molecule is COc1ccc(N=C2NC(=O)/C(=C\c3ccc(C(C)(C)C)cc3)S2)cc1. The highest BCUT2D eigenvalue weighted by Crippen LogP contribution is 2.29. The van der Waals surface area contributed by atoms with Crippen LogP contribution in [-0.4, -0.2) is 18.2 Å². The number of amidine groups is 1. The quantitative estimate of drug-likeness (QED) is 0.787. The van der Waals surface area contributed by atoms with Gasteiger partial charge in [-0.25, -0.2) is 4.99 Å². The maximum Gasteiger partial charge on any atom is 0.264 e. The predicted octanol–water partition coefficient (Wildman–Crippen LogP) is 4.88. The fraction of sp³-hybridized carbons (Fsp3) is 0.238. The molecule has 0 spiro atoms. The molecule has 1 saturated heterocycles. The van der Waals surface area contributed by atoms with E-state index in [2.05, 4.69) is 43.2 Å². The van der Waals surface area contributed by atoms with E-state index in [9.17, 15) is 4.79 Å². The molecule has 0 bridgehead atoms. The van der Waals surface area contributed by atoms with E-state index in [1.165, 1.54) is 17.3 Å². The van der Waals surface area contributed by atoms with E-state index in [0.717, 1.165) is 17.0 Å². The van der Waals surface area contributed by atoms with Crippen LogP contribution in [0.25, 0.3) is 6.08 Å². The fourth-order valence-corrected chi connectivity index (χ4v) is 3.33. The van der Waals surface area contributed by atoms with Crippen LogP contribution in [0.3, 0.4) is 0 Å². The van der Waals surface area contributed by atoms with E-state index in [4.69, 9.17) is 4.74 Å². The highest BCUT2D eigenvalue weighted by molar-refractivity contribution is 8.18. The van der Waals surface area contributed by atoms with Crippen LogP contribution in [0.1, 0.15) is 31.9 Å². The van der Waals surface area contributed by atoms with Crippen molar-refractivity contribution in [3.63, 3.8) is 0 Å². The summed E-state index contributed by atoms with van der Waals surface area (Å²) < 4.78 is 5.14. The zero-order valence-electron chi connectivity index (χ0n) is 15.4. The predicted molar refractivity (Wildman–Crippen MR) is 109 cm³/mol. The Bertz CT molecular complexity index is 860. The van der Waals surface area contributed by atoms with Gasteiger partial charge >= 0.3 is 0 Å². The van der Waals surface area contributed by atoms with Crippen LogP contribution >= 0.6 is 11.8 Å². The second kappa shape index (κ2) is 7.38. The van der Waals surface area contributed by atoms with Crippen LogP contribution in [0, 0.1) is 0 Å². The van der Waals surface area contributed by atoms with E-state index >= 15 is 0 Å². The number of carbonyl (C=O) groups excluding carboxylic acids is 1. The Kier molecular flexibility index (Phi) is 5.18. The van der Waals surface area contributed by atoms with Gasteiger partial charge in [0.2, 0.25) is 0 Å². The molecule has 1 aliphatic heterocycles. The number of ether oxygens (including phenoxy) is 1. The first-order valence-electron chi connectivity index (χ1n) is 8.39. The maximum absolute atomic E-state index is 12.2. The van der Waals surface area contributed by atoms with E-state index < -0.39 is 0 Å². The summed E-state index contributed by atoms with van der Waals surface area (Å²) in [5.41, 5.74) is 3.15. The number of thioether (sulfide) groups is 1. The van der Waals surface area contributed by atoms with Crippen LogP contribution < -0.4 is 10.1 Å². The van der Waals surface area contributed by atoms with Gasteiger partial charge in [0.15, 0.2) is 5.17 Å². The topological polar surface area (TPSA) is 50.7 Å². The van der Waals surface area contributed by atoms with Gasteiger partial charge in [-0.2, -0.15) is 0 Å². The molecule has 5 heteroatoms. The zero-order valence-corrected chi connectivity index (χ0v) is 16.2. The summed E-state index contributed by atoms with van der Waals surface area (Å²) in [4.78, 5) is 17.3. The summed E-state index contributed by atoms with van der Waals surface area (Å²) >= 11 is 1.35. The molecule has 1 amide bonds. The first-order chi connectivity index (χ1) is 12.3. The maximum atomic E-state index is 12.2. The van der Waals surface area contributed by atoms with E-state index in [1.54, 1.807) is 7.11 Å². The number of amides is 1. The van der Waals surface area contributed by atoms with Gasteiger partial charge in [-0.3, -0.25) is 4.79 Å². The fourth-order valence-electron chi connectivity index (χ4n) is 2.49. The van der Waals surface area contributed by atoms with Crippen molar-refractivity contribution in [1.29, 1.82) is 0 Å². The number of rotatable bonds is 3. The molecule has 0 radical (unpaired) electrons. The van der Waals surface area contributed by atoms with Crippen molar-refractivity contribution in [2.45, 2.75) is 26.2 Å². The number of nitrogens with zero attached hydrogens (tertiary/aromatic N) is 1. The number of carbonyl (C=O) groups is 1. The van der Waals surface area contributed by atoms with Gasteiger partial charge in [0.25, 0.3) is 5.91 Å². The third kappa shape index (κ3) is 4.35. The Morgan fingerprint density at radius 1 is 1.04 bits per heavy atom. The average molecular weight is 366 g/mol. The molecule has 1 N–H and O–H groups in total. The largest absolute Gasteiger partial charge is 0.497 e. The van der Waals surface area contributed by atoms with E-state index in [-0.39, 0.29) is 11.3 Å². The molecule has 0 saturated carbocycles. The number of methoxy groups -OCH3 is 1. The van der Waals surface area contributed by atoms with Crippen molar-refractivity contribution in [3.8, 4) is 5.75 Å². The van der Waals surface area contributed by atoms with Gasteiger partial charge in [0, 0.05) is 0 Å². The summed E-state index contributed by atoms with van der Waals surface area (Å²) in [5, 5.41) is 3.39. The number of aliphatic imine (C=N–C) groups is 1. The zero-order chi connectivity index (χ0) is 18.7. The molecule has 0 unspecified atom stereocenters. The standard InChI is InChI=1S/C21H22N2O2S/c1-21(2,3)15-7-5-14(6-8-15)13-18-19(24)23-20(26-18)22-16-9-11-17(25-4)12-10-16/h5-13H,1-4H3,(H,22,23,24)/b18-13+. The highest BCUT2D eigenvalue weighted by Gasteiger charge is 2.23. The van der Waals surface area contributed by atoms with Crippen LogP contribution in [0.4, 0.5) is 5.69 Å². The van der Waals surface area contributed by atoms with Crippen LogP contribution in [0.5, 0.6) is 5.75 Å². The summed E-state index contributed by atoms with van der Waals surface area (Å²) in [6.07, 6.45) is 1.89. The lowest BCUT2D eigenvalue weighted by atomic mass is 9.87. The summed E-state index contributed by atoms with van der Waals surface area (Å²) in [7, 11) is 1.62. The Balaban J connectivity index is 1.76. The Hall–Kier alpha value is -2.53. The first-order valence-corrected chi connectivity index (χ1v) is 9.21. The van der Waals surface area contributed by atoms with Gasteiger partial charge in [-0.05, 0) is 58.6 Å². The molecule has 2 aromatic carbocycles. The Labute approximate surface area is 158 Å². The molecule has 4 nitrogen and oxygen atoms in total. The van der Waals surface area contributed by atoms with Gasteiger partial charge in [-0.15, -0.1) is 0 Å². The molecular weight excluding hydrogens is 344 g/mol. The molecule has 0 atom stereocenters. The molecule has 3 rings (SSSR count). The molecule has 26 heavy (non-hydrogen) atoms. The average Bonchev–Trinajstić information content (AvgIpc) is 2.94. The van der Waals surface area contributed by atoms with Gasteiger partial charge in [0.05, 0.1) is 17.7 Å². The van der Waals surface area contributed by atoms with Crippen LogP contribution in [0.15, 0.2) is 58.4 Å². The molecule has 1 heterocycles. The van der Waals surface area contributed by atoms with Crippen molar-refractivity contribution in [2.75, 3.05) is 7.11 Å². The highest BCUT2D eigenvalue weighted by atomic mass is 32.2. The Morgan fingerprint density at radius 3 is 2.27 bits per heavy atom. The van der Waals surface area contributed by atoms with Crippen molar-refractivity contribution in [1.82, 2.24) is 5.32 Å². The molecule has 1 aliphatic rings. The minimum Gasteiger partial charge on any atom is -0.497 e. The lowest BCUT2D eigenvalue weighted by Crippen LogP contribution is -2.19. The smallest absolute Gasteiger partial charge is 0.264 e. The van der Waals surface area contributed by atoms with E-state index in [0.29, 0.717) is 10.1 Å². The van der Waals surface area contributed by atoms with Crippen LogP contribution in [-0.2, 0) is 10.2 Å². The van der Waals surface area contributed by atoms with E-state index in [1.807, 2.05) is 42.5 Å². The van der Waals surface area contributed by atoms with Gasteiger partial charge < -0.3 is 10.1 Å². The molecule has 2 aromatic rings. The summed E-state index contributed by atoms with van der Waals surface area (Å²) in [6, 6.07) is 15.7. The van der Waals surface area contributed by atoms with Crippen molar-refractivity contribution < 1.29 is 9.53 Å². The lowest BCUT2D eigenvalue weighted by Gasteiger charge is -2.18. The Morgan fingerprint density at radius 2 is 1.69 bits per heavy atom. The third-order valence-electron chi connectivity index (χ3n) is 4.03. The molecule has 134 valence electrons. The monoisotopic (exact) mass is 366 g/mol. The second-order valence-corrected chi connectivity index (χ2v) is 8.08. The van der Waals surface area contributed by atoms with Gasteiger partial charge in [-0.1, -0.05) is 45.0 Å². The van der Waals surface area contributed by atoms with Crippen molar-refractivity contribution in [3.05, 3.63) is 64.6 Å². The van der Waals surface area contributed by atoms with Gasteiger partial charge in [0.1, 0.15) is 5.75 Å². The second-order valence-electron chi connectivity index (χ2n) is 7.05. The third-order valence-corrected chi connectivity index (χ3v) is 4.94. The van der Waals surface area contributed by atoms with Crippen LogP contribution in [0.2, 0.25) is 0 Å². The number of benzene rings is 2. The molecule has 0 aromatic heterocycles.